The Balaban J connectivity index is 2.31. The minimum absolute atomic E-state index is 0.0203. The van der Waals surface area contributed by atoms with Crippen LogP contribution in [-0.4, -0.2) is 26.7 Å². The van der Waals surface area contributed by atoms with Gasteiger partial charge in [-0.25, -0.2) is 0 Å². The van der Waals surface area contributed by atoms with Crippen molar-refractivity contribution in [2.75, 3.05) is 7.11 Å². The predicted octanol–water partition coefficient (Wildman–Crippen LogP) is 2.63. The highest BCUT2D eigenvalue weighted by Gasteiger charge is 2.71. The van der Waals surface area contributed by atoms with Crippen LogP contribution in [0.15, 0.2) is 0 Å². The van der Waals surface area contributed by atoms with Gasteiger partial charge in [0.2, 0.25) is 0 Å². The lowest BCUT2D eigenvalue weighted by Crippen LogP contribution is -2.53. The van der Waals surface area contributed by atoms with E-state index in [0.717, 1.165) is 6.42 Å². The molecule has 0 amide bonds. The van der Waals surface area contributed by atoms with Crippen LogP contribution in [0.4, 0.5) is 17.6 Å². The first kappa shape index (κ1) is 14.0. The second kappa shape index (κ2) is 4.06. The zero-order valence-electron chi connectivity index (χ0n) is 9.71. The molecule has 3 atom stereocenters. The summed E-state index contributed by atoms with van der Waals surface area (Å²) in [6.07, 6.45) is 1.68. The van der Waals surface area contributed by atoms with Gasteiger partial charge in [-0.3, -0.25) is 4.18 Å². The molecule has 0 spiro atoms. The van der Waals surface area contributed by atoms with E-state index in [4.69, 9.17) is 0 Å². The zero-order valence-corrected chi connectivity index (χ0v) is 10.5. The molecule has 2 saturated carbocycles. The third kappa shape index (κ3) is 1.76. The van der Waals surface area contributed by atoms with Gasteiger partial charge in [0.15, 0.2) is 0 Å². The maximum atomic E-state index is 13.8. The molecule has 106 valence electrons. The Bertz CT molecular complexity index is 434. The topological polar surface area (TPSA) is 43.4 Å². The average Bonchev–Trinajstić information content (AvgIpc) is 2.90. The van der Waals surface area contributed by atoms with Crippen molar-refractivity contribution < 1.29 is 30.2 Å². The molecule has 2 fully saturated rings. The van der Waals surface area contributed by atoms with E-state index >= 15 is 0 Å². The third-order valence-corrected chi connectivity index (χ3v) is 5.46. The normalized spacial score (nSPS) is 33.1. The molecule has 0 saturated heterocycles. The van der Waals surface area contributed by atoms with Crippen molar-refractivity contribution in [3.63, 3.8) is 0 Å². The fourth-order valence-electron chi connectivity index (χ4n) is 3.18. The van der Waals surface area contributed by atoms with Crippen molar-refractivity contribution in [3.8, 4) is 0 Å². The lowest BCUT2D eigenvalue weighted by Gasteiger charge is -2.34. The second-order valence-corrected chi connectivity index (χ2v) is 6.80. The highest BCUT2D eigenvalue weighted by atomic mass is 32.2. The van der Waals surface area contributed by atoms with Crippen LogP contribution in [0.25, 0.3) is 0 Å². The number of halogens is 4. The van der Waals surface area contributed by atoms with Crippen LogP contribution in [0, 0.1) is 17.8 Å². The molecule has 0 aromatic heterocycles. The van der Waals surface area contributed by atoms with Crippen molar-refractivity contribution in [2.24, 2.45) is 17.8 Å². The smallest absolute Gasteiger partial charge is 0.269 e. The molecule has 2 aliphatic rings. The highest BCUT2D eigenvalue weighted by Crippen LogP contribution is 2.58. The summed E-state index contributed by atoms with van der Waals surface area (Å²) in [5.41, 5.74) is 0. The molecule has 0 radical (unpaired) electrons. The summed E-state index contributed by atoms with van der Waals surface area (Å²) in [7, 11) is -5.13. The summed E-state index contributed by atoms with van der Waals surface area (Å²) < 4.78 is 80.2. The van der Waals surface area contributed by atoms with Crippen LogP contribution < -0.4 is 0 Å². The maximum Gasteiger partial charge on any atom is 0.431 e. The molecule has 3 nitrogen and oxygen atoms in total. The molecule has 0 aromatic carbocycles. The van der Waals surface area contributed by atoms with E-state index in [1.165, 1.54) is 0 Å². The molecule has 2 rings (SSSR count). The summed E-state index contributed by atoms with van der Waals surface area (Å²) in [4.78, 5) is 0. The van der Waals surface area contributed by atoms with Gasteiger partial charge in [-0.15, -0.1) is 0 Å². The van der Waals surface area contributed by atoms with E-state index in [0.29, 0.717) is 20.0 Å². The molecule has 3 unspecified atom stereocenters. The van der Waals surface area contributed by atoms with E-state index in [-0.39, 0.29) is 12.3 Å². The summed E-state index contributed by atoms with van der Waals surface area (Å²) in [6, 6.07) is 0. The summed E-state index contributed by atoms with van der Waals surface area (Å²) in [6.45, 7) is 0. The van der Waals surface area contributed by atoms with Crippen molar-refractivity contribution in [2.45, 2.75) is 36.9 Å². The van der Waals surface area contributed by atoms with Crippen molar-refractivity contribution >= 4 is 10.1 Å². The number of hydrogen-bond donors (Lipinski definition) is 0. The van der Waals surface area contributed by atoms with E-state index in [1.807, 2.05) is 0 Å². The van der Waals surface area contributed by atoms with Gasteiger partial charge in [0.25, 0.3) is 0 Å². The SMILES string of the molecule is COS(=O)(=O)C(F)(F)C(F)(F)C1CC2CCC1C2. The molecule has 2 bridgehead atoms. The van der Waals surface area contributed by atoms with Gasteiger partial charge in [0.1, 0.15) is 0 Å². The lowest BCUT2D eigenvalue weighted by molar-refractivity contribution is -0.202. The van der Waals surface area contributed by atoms with Crippen LogP contribution in [-0.2, 0) is 14.3 Å². The lowest BCUT2D eigenvalue weighted by atomic mass is 9.84. The quantitative estimate of drug-likeness (QED) is 0.590. The van der Waals surface area contributed by atoms with Crippen LogP contribution in [0.2, 0.25) is 0 Å². The van der Waals surface area contributed by atoms with Crippen molar-refractivity contribution in [3.05, 3.63) is 0 Å². The van der Waals surface area contributed by atoms with E-state index in [1.54, 1.807) is 0 Å². The van der Waals surface area contributed by atoms with Gasteiger partial charge in [-0.05, 0) is 31.1 Å². The van der Waals surface area contributed by atoms with E-state index < -0.39 is 33.1 Å². The Kier molecular flexibility index (Phi) is 3.17. The van der Waals surface area contributed by atoms with Gasteiger partial charge in [-0.2, -0.15) is 26.0 Å². The number of hydrogen-bond acceptors (Lipinski definition) is 3. The zero-order chi connectivity index (χ0) is 13.8. The summed E-state index contributed by atoms with van der Waals surface area (Å²) in [5, 5.41) is -5.18. The van der Waals surface area contributed by atoms with Crippen LogP contribution in [0.3, 0.4) is 0 Å². The molecule has 8 heteroatoms. The van der Waals surface area contributed by atoms with Crippen molar-refractivity contribution in [1.29, 1.82) is 0 Å². The Hall–Kier alpha value is -0.370. The minimum atomic E-state index is -5.59. The van der Waals surface area contributed by atoms with E-state index in [9.17, 15) is 26.0 Å². The first-order valence-corrected chi connectivity index (χ1v) is 7.10. The van der Waals surface area contributed by atoms with Crippen LogP contribution in [0.1, 0.15) is 25.7 Å². The Morgan fingerprint density at radius 2 is 1.72 bits per heavy atom. The largest absolute Gasteiger partial charge is 0.431 e. The Morgan fingerprint density at radius 3 is 2.11 bits per heavy atom. The summed E-state index contributed by atoms with van der Waals surface area (Å²) >= 11 is 0. The van der Waals surface area contributed by atoms with Gasteiger partial charge < -0.3 is 0 Å². The minimum Gasteiger partial charge on any atom is -0.269 e. The monoisotopic (exact) mass is 290 g/mol. The number of fused-ring (bicyclic) bond motifs is 2. The number of alkyl halides is 4. The molecular formula is C10H14F4O3S. The predicted molar refractivity (Wildman–Crippen MR) is 54.8 cm³/mol. The molecule has 0 N–H and O–H groups in total. The molecule has 18 heavy (non-hydrogen) atoms. The standard InChI is InChI=1S/C10H14F4O3S/c1-17-18(15,16)10(13,14)9(11,12)8-5-6-2-3-7(8)4-6/h6-8H,2-5H2,1H3. The van der Waals surface area contributed by atoms with Gasteiger partial charge in [0.05, 0.1) is 7.11 Å². The third-order valence-electron chi connectivity index (χ3n) is 4.13. The first-order chi connectivity index (χ1) is 8.13. The second-order valence-electron chi connectivity index (χ2n) is 5.04. The number of rotatable bonds is 4. The van der Waals surface area contributed by atoms with Crippen molar-refractivity contribution in [1.82, 2.24) is 0 Å². The molecule has 0 aliphatic heterocycles. The van der Waals surface area contributed by atoms with Crippen LogP contribution in [0.5, 0.6) is 0 Å². The highest BCUT2D eigenvalue weighted by molar-refractivity contribution is 7.87. The Morgan fingerprint density at radius 1 is 1.11 bits per heavy atom. The average molecular weight is 290 g/mol. The van der Waals surface area contributed by atoms with Gasteiger partial charge in [-0.1, -0.05) is 6.42 Å². The van der Waals surface area contributed by atoms with Gasteiger partial charge in [0, 0.05) is 5.92 Å². The van der Waals surface area contributed by atoms with Gasteiger partial charge >= 0.3 is 21.3 Å². The maximum absolute atomic E-state index is 13.8. The molecule has 0 aromatic rings. The summed E-state index contributed by atoms with van der Waals surface area (Å²) in [5.74, 6) is -6.65. The molecular weight excluding hydrogens is 276 g/mol. The molecule has 2 aliphatic carbocycles. The Labute approximate surface area is 103 Å². The first-order valence-electron chi connectivity index (χ1n) is 5.69. The van der Waals surface area contributed by atoms with Crippen LogP contribution >= 0.6 is 0 Å². The fraction of sp³-hybridized carbons (Fsp3) is 1.00. The fourth-order valence-corrected chi connectivity index (χ4v) is 3.87. The molecule has 0 heterocycles. The van der Waals surface area contributed by atoms with E-state index in [2.05, 4.69) is 4.18 Å².